The Bertz CT molecular complexity index is 1580. The smallest absolute Gasteiger partial charge is 0.306 e. The summed E-state index contributed by atoms with van der Waals surface area (Å²) in [5.41, 5.74) is 0. The molecule has 0 bridgehead atoms. The predicted molar refractivity (Wildman–Crippen MR) is 316 cm³/mol. The number of carbonyl (C=O) groups excluding carboxylic acids is 3. The number of rotatable bonds is 52. The molecule has 1 unspecified atom stereocenters. The average Bonchev–Trinajstić information content (AvgIpc) is 3.39. The van der Waals surface area contributed by atoms with E-state index in [-0.39, 0.29) is 37.5 Å². The van der Waals surface area contributed by atoms with Gasteiger partial charge in [0.25, 0.3) is 0 Å². The van der Waals surface area contributed by atoms with Gasteiger partial charge in [-0.15, -0.1) is 0 Å². The average molecular weight is 1010 g/mol. The SMILES string of the molecule is CC/C=C\C/C=C\C/C=C\C/C=C\C/C=C\C/C=C\CCCCCCCCC(=O)OCC(COC(=O)CCCCCCC/C=C\CCCCCCCC)OC(=O)CCCC/C=C\C/C=C\C/C=C\C/C=C\CC. The van der Waals surface area contributed by atoms with E-state index in [0.717, 1.165) is 141 Å². The molecule has 0 aliphatic rings. The van der Waals surface area contributed by atoms with E-state index in [1.807, 2.05) is 0 Å². The minimum atomic E-state index is -0.815. The van der Waals surface area contributed by atoms with Crippen LogP contribution in [-0.4, -0.2) is 37.2 Å². The van der Waals surface area contributed by atoms with Gasteiger partial charge in [0.1, 0.15) is 13.2 Å². The summed E-state index contributed by atoms with van der Waals surface area (Å²) in [5, 5.41) is 0. The van der Waals surface area contributed by atoms with Gasteiger partial charge in [0.15, 0.2) is 6.10 Å². The second kappa shape index (κ2) is 60.1. The van der Waals surface area contributed by atoms with Gasteiger partial charge in [-0.3, -0.25) is 14.4 Å². The number of ether oxygens (including phenoxy) is 3. The van der Waals surface area contributed by atoms with E-state index in [1.54, 1.807) is 0 Å². The molecule has 0 spiro atoms. The van der Waals surface area contributed by atoms with E-state index in [9.17, 15) is 14.4 Å². The molecule has 0 radical (unpaired) electrons. The van der Waals surface area contributed by atoms with Crippen LogP contribution in [0.3, 0.4) is 0 Å². The monoisotopic (exact) mass is 1010 g/mol. The van der Waals surface area contributed by atoms with Crippen LogP contribution >= 0.6 is 0 Å². The molecule has 0 rings (SSSR count). The largest absolute Gasteiger partial charge is 0.462 e. The zero-order valence-electron chi connectivity index (χ0n) is 47.1. The van der Waals surface area contributed by atoms with E-state index in [2.05, 4.69) is 154 Å². The quantitative estimate of drug-likeness (QED) is 0.0261. The van der Waals surface area contributed by atoms with Gasteiger partial charge in [0.05, 0.1) is 0 Å². The standard InChI is InChI=1S/C67H108O6/c1-4-7-10-13-16-19-22-25-28-29-30-31-32-33-34-35-36-37-40-42-45-48-51-54-57-60-66(69)72-63-64(73-67(70)61-58-55-52-49-46-43-39-27-24-21-18-15-12-9-6-3)62-71-65(68)59-56-53-50-47-44-41-38-26-23-20-17-14-11-8-5-2/h7,9-10,12,16,18-19,21,25-28,30-31,33-34,36-39,46,49,64H,4-6,8,11,13-15,17,20,22-24,29,32,35,40-45,47-48,50-63H2,1-3H3/b10-7-,12-9-,19-16-,21-18-,28-25-,31-30-,34-33-,37-36-,38-26-,39-27-,49-46-. The van der Waals surface area contributed by atoms with Gasteiger partial charge in [-0.1, -0.05) is 231 Å². The fourth-order valence-corrected chi connectivity index (χ4v) is 7.72. The molecule has 0 aliphatic carbocycles. The topological polar surface area (TPSA) is 78.9 Å². The van der Waals surface area contributed by atoms with Crippen molar-refractivity contribution in [1.82, 2.24) is 0 Å². The van der Waals surface area contributed by atoms with Gasteiger partial charge in [-0.05, 0) is 135 Å². The molecule has 73 heavy (non-hydrogen) atoms. The molecule has 1 atom stereocenters. The molecule has 0 saturated carbocycles. The fourth-order valence-electron chi connectivity index (χ4n) is 7.72. The maximum absolute atomic E-state index is 12.8. The highest BCUT2D eigenvalue weighted by atomic mass is 16.6. The zero-order valence-corrected chi connectivity index (χ0v) is 47.1. The summed E-state index contributed by atoms with van der Waals surface area (Å²) in [6.45, 7) is 6.35. The number of unbranched alkanes of at least 4 members (excludes halogenated alkanes) is 19. The highest BCUT2D eigenvalue weighted by Crippen LogP contribution is 2.13. The molecule has 0 heterocycles. The molecular weight excluding hydrogens is 901 g/mol. The summed E-state index contributed by atoms with van der Waals surface area (Å²) in [4.78, 5) is 38.2. The second-order valence-corrected chi connectivity index (χ2v) is 19.1. The number of hydrogen-bond acceptors (Lipinski definition) is 6. The summed E-state index contributed by atoms with van der Waals surface area (Å²) in [6.07, 6.45) is 84.5. The van der Waals surface area contributed by atoms with Gasteiger partial charge in [0, 0.05) is 19.3 Å². The third-order valence-corrected chi connectivity index (χ3v) is 12.1. The van der Waals surface area contributed by atoms with Crippen molar-refractivity contribution in [2.75, 3.05) is 13.2 Å². The third kappa shape index (κ3) is 58.3. The van der Waals surface area contributed by atoms with Crippen molar-refractivity contribution in [3.63, 3.8) is 0 Å². The van der Waals surface area contributed by atoms with Gasteiger partial charge in [-0.2, -0.15) is 0 Å². The van der Waals surface area contributed by atoms with Crippen molar-refractivity contribution < 1.29 is 28.6 Å². The molecule has 0 N–H and O–H groups in total. The van der Waals surface area contributed by atoms with Gasteiger partial charge < -0.3 is 14.2 Å². The lowest BCUT2D eigenvalue weighted by Gasteiger charge is -2.18. The van der Waals surface area contributed by atoms with Crippen molar-refractivity contribution in [1.29, 1.82) is 0 Å². The molecule has 0 aromatic heterocycles. The maximum Gasteiger partial charge on any atom is 0.306 e. The summed E-state index contributed by atoms with van der Waals surface area (Å²) < 4.78 is 16.8. The Balaban J connectivity index is 4.45. The second-order valence-electron chi connectivity index (χ2n) is 19.1. The lowest BCUT2D eigenvalue weighted by atomic mass is 10.1. The number of hydrogen-bond donors (Lipinski definition) is 0. The highest BCUT2D eigenvalue weighted by Gasteiger charge is 2.19. The molecule has 0 amide bonds. The lowest BCUT2D eigenvalue weighted by Crippen LogP contribution is -2.30. The molecule has 0 aliphatic heterocycles. The van der Waals surface area contributed by atoms with Gasteiger partial charge >= 0.3 is 17.9 Å². The maximum atomic E-state index is 12.8. The number of esters is 3. The Hall–Kier alpha value is -4.45. The van der Waals surface area contributed by atoms with Crippen molar-refractivity contribution in [2.24, 2.45) is 0 Å². The van der Waals surface area contributed by atoms with Crippen molar-refractivity contribution >= 4 is 17.9 Å². The Kier molecular flexibility index (Phi) is 56.4. The summed E-state index contributed by atoms with van der Waals surface area (Å²) in [7, 11) is 0. The molecule has 6 heteroatoms. The van der Waals surface area contributed by atoms with Crippen LogP contribution in [0.25, 0.3) is 0 Å². The Labute approximate surface area is 449 Å². The first-order chi connectivity index (χ1) is 36.0. The fraction of sp³-hybridized carbons (Fsp3) is 0.627. The molecule has 0 aromatic rings. The molecule has 0 saturated heterocycles. The summed E-state index contributed by atoms with van der Waals surface area (Å²) >= 11 is 0. The Morgan fingerprint density at radius 2 is 0.534 bits per heavy atom. The first-order valence-corrected chi connectivity index (χ1v) is 29.7. The van der Waals surface area contributed by atoms with Crippen LogP contribution in [0.15, 0.2) is 134 Å². The van der Waals surface area contributed by atoms with Crippen LogP contribution in [0.4, 0.5) is 0 Å². The van der Waals surface area contributed by atoms with E-state index < -0.39 is 6.10 Å². The number of carbonyl (C=O) groups is 3. The predicted octanol–water partition coefficient (Wildman–Crippen LogP) is 20.2. The van der Waals surface area contributed by atoms with Crippen LogP contribution in [0.2, 0.25) is 0 Å². The van der Waals surface area contributed by atoms with Crippen LogP contribution in [0.1, 0.15) is 252 Å². The van der Waals surface area contributed by atoms with Crippen LogP contribution < -0.4 is 0 Å². The number of allylic oxidation sites excluding steroid dienone is 22. The van der Waals surface area contributed by atoms with Crippen LogP contribution in [0.5, 0.6) is 0 Å². The summed E-state index contributed by atoms with van der Waals surface area (Å²) in [5.74, 6) is -0.975. The first kappa shape index (κ1) is 68.6. The third-order valence-electron chi connectivity index (χ3n) is 12.1. The first-order valence-electron chi connectivity index (χ1n) is 29.7. The minimum Gasteiger partial charge on any atom is -0.462 e. The van der Waals surface area contributed by atoms with Crippen molar-refractivity contribution in [2.45, 2.75) is 258 Å². The van der Waals surface area contributed by atoms with E-state index in [4.69, 9.17) is 14.2 Å². The van der Waals surface area contributed by atoms with Crippen molar-refractivity contribution in [3.05, 3.63) is 134 Å². The highest BCUT2D eigenvalue weighted by molar-refractivity contribution is 5.71. The normalized spacial score (nSPS) is 13.1. The van der Waals surface area contributed by atoms with E-state index in [1.165, 1.54) is 64.2 Å². The summed E-state index contributed by atoms with van der Waals surface area (Å²) in [6, 6.07) is 0. The zero-order chi connectivity index (χ0) is 52.9. The van der Waals surface area contributed by atoms with E-state index >= 15 is 0 Å². The Morgan fingerprint density at radius 1 is 0.288 bits per heavy atom. The molecular formula is C67H108O6. The van der Waals surface area contributed by atoms with Crippen molar-refractivity contribution in [3.8, 4) is 0 Å². The lowest BCUT2D eigenvalue weighted by molar-refractivity contribution is -0.167. The van der Waals surface area contributed by atoms with Crippen LogP contribution in [-0.2, 0) is 28.6 Å². The van der Waals surface area contributed by atoms with E-state index in [0.29, 0.717) is 19.3 Å². The van der Waals surface area contributed by atoms with Crippen LogP contribution in [0, 0.1) is 0 Å². The molecule has 0 aromatic carbocycles. The molecule has 412 valence electrons. The van der Waals surface area contributed by atoms with Gasteiger partial charge in [0.2, 0.25) is 0 Å². The Morgan fingerprint density at radius 3 is 0.877 bits per heavy atom. The molecule has 6 nitrogen and oxygen atoms in total. The molecule has 0 fully saturated rings. The minimum absolute atomic E-state index is 0.108. The van der Waals surface area contributed by atoms with Gasteiger partial charge in [-0.25, -0.2) is 0 Å².